The van der Waals surface area contributed by atoms with E-state index in [4.69, 9.17) is 15.7 Å². The summed E-state index contributed by atoms with van der Waals surface area (Å²) >= 11 is 0. The molecule has 23 heavy (non-hydrogen) atoms. The van der Waals surface area contributed by atoms with Crippen molar-refractivity contribution in [1.82, 2.24) is 4.98 Å². The molecular weight excluding hydrogens is 292 g/mol. The molecule has 3 rings (SSSR count). The molecule has 0 unspecified atom stereocenters. The second-order valence-corrected chi connectivity index (χ2v) is 5.19. The lowest BCUT2D eigenvalue weighted by Crippen LogP contribution is -2.01. The third-order valence-electron chi connectivity index (χ3n) is 3.57. The Morgan fingerprint density at radius 1 is 1.35 bits per heavy atom. The Balaban J connectivity index is 1.93. The van der Waals surface area contributed by atoms with Crippen molar-refractivity contribution in [1.29, 1.82) is 0 Å². The van der Waals surface area contributed by atoms with E-state index in [1.165, 1.54) is 7.11 Å². The summed E-state index contributed by atoms with van der Waals surface area (Å²) in [6, 6.07) is 10.7. The molecule has 0 N–H and O–H groups in total. The molecule has 1 heterocycles. The lowest BCUT2D eigenvalue weighted by atomic mass is 10.1. The number of methoxy groups -OCH3 is 1. The van der Waals surface area contributed by atoms with Crippen LogP contribution in [0.4, 0.5) is 5.69 Å². The van der Waals surface area contributed by atoms with Gasteiger partial charge in [0.1, 0.15) is 11.1 Å². The van der Waals surface area contributed by atoms with Gasteiger partial charge in [-0.25, -0.2) is 14.6 Å². The van der Waals surface area contributed by atoms with Crippen LogP contribution in [-0.4, -0.2) is 18.1 Å². The number of ether oxygens (including phenoxy) is 1. The zero-order valence-electron chi connectivity index (χ0n) is 12.8. The van der Waals surface area contributed by atoms with Crippen LogP contribution in [0.1, 0.15) is 27.4 Å². The molecule has 0 aliphatic heterocycles. The highest BCUT2D eigenvalue weighted by Gasteiger charge is 2.11. The van der Waals surface area contributed by atoms with Crippen molar-refractivity contribution >= 4 is 22.8 Å². The summed E-state index contributed by atoms with van der Waals surface area (Å²) in [5.41, 5.74) is 4.16. The third kappa shape index (κ3) is 2.92. The van der Waals surface area contributed by atoms with Crippen LogP contribution in [0, 0.1) is 13.5 Å². The van der Waals surface area contributed by atoms with Gasteiger partial charge in [-0.3, -0.25) is 0 Å². The minimum absolute atomic E-state index is 0.373. The van der Waals surface area contributed by atoms with E-state index >= 15 is 0 Å². The fourth-order valence-corrected chi connectivity index (χ4v) is 2.41. The normalized spacial score (nSPS) is 10.5. The zero-order valence-corrected chi connectivity index (χ0v) is 12.8. The van der Waals surface area contributed by atoms with Gasteiger partial charge < -0.3 is 9.15 Å². The second-order valence-electron chi connectivity index (χ2n) is 5.19. The number of hydrogen-bond donors (Lipinski definition) is 0. The second kappa shape index (κ2) is 5.93. The summed E-state index contributed by atoms with van der Waals surface area (Å²) in [4.78, 5) is 19.5. The van der Waals surface area contributed by atoms with Crippen LogP contribution in [0.25, 0.3) is 15.9 Å². The van der Waals surface area contributed by atoms with E-state index in [0.717, 1.165) is 16.6 Å². The molecule has 3 aromatic rings. The molecule has 0 bridgehead atoms. The highest BCUT2D eigenvalue weighted by molar-refractivity contribution is 5.89. The van der Waals surface area contributed by atoms with Crippen molar-refractivity contribution < 1.29 is 13.9 Å². The van der Waals surface area contributed by atoms with E-state index in [1.807, 2.05) is 19.1 Å². The Bertz CT molecular complexity index is 935. The number of aryl methyl sites for hydroxylation is 1. The lowest BCUT2D eigenvalue weighted by molar-refractivity contribution is 0.0600. The predicted molar refractivity (Wildman–Crippen MR) is 85.6 cm³/mol. The van der Waals surface area contributed by atoms with Gasteiger partial charge in [-0.1, -0.05) is 12.1 Å². The maximum atomic E-state index is 11.6. The number of hydrogen-bond acceptors (Lipinski definition) is 4. The standard InChI is InChI=1S/C18H14N2O3/c1-11-7-15-16(10-14(11)19-2)23-17(20-15)9-12-5-4-6-13(8-12)18(21)22-3/h4-8,10H,9H2,1,3H3. The van der Waals surface area contributed by atoms with Gasteiger partial charge in [0.05, 0.1) is 19.2 Å². The molecule has 0 aliphatic rings. The van der Waals surface area contributed by atoms with Gasteiger partial charge in [-0.2, -0.15) is 0 Å². The number of fused-ring (bicyclic) bond motifs is 1. The molecule has 0 radical (unpaired) electrons. The summed E-state index contributed by atoms with van der Waals surface area (Å²) < 4.78 is 10.4. The minimum Gasteiger partial charge on any atom is -0.465 e. The molecule has 2 aromatic carbocycles. The average molecular weight is 306 g/mol. The van der Waals surface area contributed by atoms with Crippen molar-refractivity contribution in [2.45, 2.75) is 13.3 Å². The third-order valence-corrected chi connectivity index (χ3v) is 3.57. The van der Waals surface area contributed by atoms with Gasteiger partial charge in [0.15, 0.2) is 11.6 Å². The van der Waals surface area contributed by atoms with Gasteiger partial charge in [-0.05, 0) is 42.3 Å². The molecule has 5 nitrogen and oxygen atoms in total. The smallest absolute Gasteiger partial charge is 0.337 e. The molecule has 0 amide bonds. The molecule has 0 saturated carbocycles. The van der Waals surface area contributed by atoms with Gasteiger partial charge in [0.2, 0.25) is 0 Å². The van der Waals surface area contributed by atoms with Crippen molar-refractivity contribution in [3.05, 3.63) is 70.4 Å². The minimum atomic E-state index is -0.373. The van der Waals surface area contributed by atoms with Crippen molar-refractivity contribution in [2.75, 3.05) is 7.11 Å². The number of carbonyl (C=O) groups excluding carboxylic acids is 1. The number of oxazole rings is 1. The van der Waals surface area contributed by atoms with E-state index in [-0.39, 0.29) is 5.97 Å². The largest absolute Gasteiger partial charge is 0.465 e. The first-order valence-corrected chi connectivity index (χ1v) is 7.05. The fraction of sp³-hybridized carbons (Fsp3) is 0.167. The molecule has 0 fully saturated rings. The Hall–Kier alpha value is -3.13. The Morgan fingerprint density at radius 3 is 2.91 bits per heavy atom. The summed E-state index contributed by atoms with van der Waals surface area (Å²) in [5.74, 6) is 0.172. The first-order chi connectivity index (χ1) is 11.1. The van der Waals surface area contributed by atoms with Gasteiger partial charge in [0.25, 0.3) is 0 Å². The molecular formula is C18H14N2O3. The van der Waals surface area contributed by atoms with Crippen LogP contribution in [0.3, 0.4) is 0 Å². The van der Waals surface area contributed by atoms with Crippen molar-refractivity contribution in [3.8, 4) is 0 Å². The first-order valence-electron chi connectivity index (χ1n) is 7.05. The number of aromatic nitrogens is 1. The van der Waals surface area contributed by atoms with Crippen LogP contribution < -0.4 is 0 Å². The number of esters is 1. The molecule has 0 atom stereocenters. The molecule has 5 heteroatoms. The number of rotatable bonds is 3. The van der Waals surface area contributed by atoms with Gasteiger partial charge in [0, 0.05) is 6.42 Å². The first kappa shape index (κ1) is 14.8. The van der Waals surface area contributed by atoms with Gasteiger partial charge in [-0.15, -0.1) is 0 Å². The number of carbonyl (C=O) groups is 1. The highest BCUT2D eigenvalue weighted by Crippen LogP contribution is 2.27. The molecule has 0 saturated heterocycles. The molecule has 0 spiro atoms. The summed E-state index contributed by atoms with van der Waals surface area (Å²) in [5, 5.41) is 0. The van der Waals surface area contributed by atoms with E-state index in [9.17, 15) is 4.79 Å². The van der Waals surface area contributed by atoms with Crippen molar-refractivity contribution in [3.63, 3.8) is 0 Å². The predicted octanol–water partition coefficient (Wildman–Crippen LogP) is 4.06. The van der Waals surface area contributed by atoms with E-state index < -0.39 is 0 Å². The van der Waals surface area contributed by atoms with Gasteiger partial charge >= 0.3 is 5.97 Å². The average Bonchev–Trinajstić information content (AvgIpc) is 2.94. The molecule has 114 valence electrons. The maximum Gasteiger partial charge on any atom is 0.337 e. The van der Waals surface area contributed by atoms with Crippen LogP contribution >= 0.6 is 0 Å². The monoisotopic (exact) mass is 306 g/mol. The van der Waals surface area contributed by atoms with E-state index in [2.05, 4.69) is 9.83 Å². The summed E-state index contributed by atoms with van der Waals surface area (Å²) in [7, 11) is 1.35. The Kier molecular flexibility index (Phi) is 3.82. The van der Waals surface area contributed by atoms with E-state index in [0.29, 0.717) is 29.1 Å². The number of nitrogens with zero attached hydrogens (tertiary/aromatic N) is 2. The topological polar surface area (TPSA) is 56.7 Å². The highest BCUT2D eigenvalue weighted by atomic mass is 16.5. The van der Waals surface area contributed by atoms with Crippen molar-refractivity contribution in [2.24, 2.45) is 0 Å². The SMILES string of the molecule is [C-]#[N+]c1cc2oc(Cc3cccc(C(=O)OC)c3)nc2cc1C. The van der Waals surface area contributed by atoms with Crippen LogP contribution in [0.15, 0.2) is 40.8 Å². The lowest BCUT2D eigenvalue weighted by Gasteiger charge is -2.01. The van der Waals surface area contributed by atoms with Crippen LogP contribution in [0.2, 0.25) is 0 Å². The molecule has 1 aromatic heterocycles. The van der Waals surface area contributed by atoms with Crippen LogP contribution in [0.5, 0.6) is 0 Å². The molecule has 0 aliphatic carbocycles. The number of benzene rings is 2. The maximum absolute atomic E-state index is 11.6. The van der Waals surface area contributed by atoms with E-state index in [1.54, 1.807) is 24.3 Å². The zero-order chi connectivity index (χ0) is 16.4. The summed E-state index contributed by atoms with van der Waals surface area (Å²) in [6.07, 6.45) is 0.464. The Labute approximate surface area is 133 Å². The van der Waals surface area contributed by atoms with Crippen LogP contribution in [-0.2, 0) is 11.2 Å². The Morgan fingerprint density at radius 2 is 2.17 bits per heavy atom. The fourth-order valence-electron chi connectivity index (χ4n) is 2.41. The quantitative estimate of drug-likeness (QED) is 0.541. The summed E-state index contributed by atoms with van der Waals surface area (Å²) in [6.45, 7) is 9.02.